The lowest BCUT2D eigenvalue weighted by Gasteiger charge is -2.26. The van der Waals surface area contributed by atoms with Crippen molar-refractivity contribution in [3.8, 4) is 0 Å². The number of sulfonamides is 1. The highest BCUT2D eigenvalue weighted by atomic mass is 32.2. The Balaban J connectivity index is 2.09. The Morgan fingerprint density at radius 2 is 2.35 bits per heavy atom. The van der Waals surface area contributed by atoms with Crippen LogP contribution in [0.25, 0.3) is 0 Å². The summed E-state index contributed by atoms with van der Waals surface area (Å²) in [5, 5.41) is 8.81. The quantitative estimate of drug-likeness (QED) is 0.836. The summed E-state index contributed by atoms with van der Waals surface area (Å²) in [6, 6.07) is 1.13. The van der Waals surface area contributed by atoms with Crippen molar-refractivity contribution in [3.63, 3.8) is 0 Å². The topological polar surface area (TPSA) is 99.7 Å². The molecule has 7 nitrogen and oxygen atoms in total. The average Bonchev–Trinajstić information content (AvgIpc) is 2.90. The SMILES string of the molecule is CN(CC1CCCOC1)S(=O)(=O)c1c[nH]c(C(=O)O)c1. The number of hydrogen-bond acceptors (Lipinski definition) is 4. The third-order valence-electron chi connectivity index (χ3n) is 3.37. The molecule has 2 heterocycles. The average molecular weight is 302 g/mol. The van der Waals surface area contributed by atoms with Crippen LogP contribution in [0.3, 0.4) is 0 Å². The number of carboxylic acids is 1. The number of aromatic carboxylic acids is 1. The molecule has 1 saturated heterocycles. The zero-order valence-electron chi connectivity index (χ0n) is 11.2. The van der Waals surface area contributed by atoms with Gasteiger partial charge in [0.2, 0.25) is 10.0 Å². The zero-order valence-corrected chi connectivity index (χ0v) is 12.0. The lowest BCUT2D eigenvalue weighted by atomic mass is 10.0. The van der Waals surface area contributed by atoms with E-state index in [2.05, 4.69) is 4.98 Å². The fraction of sp³-hybridized carbons (Fsp3) is 0.583. The number of aromatic nitrogens is 1. The Labute approximate surface area is 117 Å². The van der Waals surface area contributed by atoms with Gasteiger partial charge in [-0.25, -0.2) is 17.5 Å². The van der Waals surface area contributed by atoms with Crippen LogP contribution in [0.1, 0.15) is 23.3 Å². The smallest absolute Gasteiger partial charge is 0.352 e. The van der Waals surface area contributed by atoms with Crippen molar-refractivity contribution in [2.45, 2.75) is 17.7 Å². The summed E-state index contributed by atoms with van der Waals surface area (Å²) in [5.41, 5.74) is -0.141. The molecular weight excluding hydrogens is 284 g/mol. The van der Waals surface area contributed by atoms with Gasteiger partial charge in [0.1, 0.15) is 10.6 Å². The van der Waals surface area contributed by atoms with Crippen molar-refractivity contribution in [1.29, 1.82) is 0 Å². The number of carboxylic acid groups (broad SMARTS) is 1. The first-order valence-electron chi connectivity index (χ1n) is 6.37. The fourth-order valence-corrected chi connectivity index (χ4v) is 3.48. The molecule has 1 aromatic heterocycles. The van der Waals surface area contributed by atoms with Gasteiger partial charge in [-0.05, 0) is 24.8 Å². The van der Waals surface area contributed by atoms with E-state index in [4.69, 9.17) is 9.84 Å². The molecule has 0 amide bonds. The predicted molar refractivity (Wildman–Crippen MR) is 71.1 cm³/mol. The summed E-state index contributed by atoms with van der Waals surface area (Å²) in [7, 11) is -2.17. The number of H-pyrrole nitrogens is 1. The summed E-state index contributed by atoms with van der Waals surface area (Å²) in [6.45, 7) is 1.66. The van der Waals surface area contributed by atoms with Crippen molar-refractivity contribution < 1.29 is 23.1 Å². The maximum absolute atomic E-state index is 12.3. The molecule has 2 N–H and O–H groups in total. The van der Waals surface area contributed by atoms with Crippen LogP contribution < -0.4 is 0 Å². The summed E-state index contributed by atoms with van der Waals surface area (Å²) in [5.74, 6) is -1.00. The van der Waals surface area contributed by atoms with Gasteiger partial charge in [-0.1, -0.05) is 0 Å². The third kappa shape index (κ3) is 3.20. The van der Waals surface area contributed by atoms with E-state index in [1.165, 1.54) is 17.5 Å². The van der Waals surface area contributed by atoms with Crippen LogP contribution in [0.4, 0.5) is 0 Å². The molecule has 1 aliphatic rings. The van der Waals surface area contributed by atoms with Crippen molar-refractivity contribution in [1.82, 2.24) is 9.29 Å². The van der Waals surface area contributed by atoms with Gasteiger partial charge in [0, 0.05) is 26.4 Å². The third-order valence-corrected chi connectivity index (χ3v) is 5.17. The first-order chi connectivity index (χ1) is 9.41. The number of nitrogens with zero attached hydrogens (tertiary/aromatic N) is 1. The van der Waals surface area contributed by atoms with Crippen LogP contribution in [-0.2, 0) is 14.8 Å². The van der Waals surface area contributed by atoms with E-state index in [-0.39, 0.29) is 16.5 Å². The molecule has 1 atom stereocenters. The number of rotatable bonds is 5. The summed E-state index contributed by atoms with van der Waals surface area (Å²) >= 11 is 0. The second-order valence-corrected chi connectivity index (χ2v) is 6.97. The second kappa shape index (κ2) is 5.94. The van der Waals surface area contributed by atoms with Gasteiger partial charge in [-0.15, -0.1) is 0 Å². The van der Waals surface area contributed by atoms with E-state index in [0.29, 0.717) is 13.2 Å². The van der Waals surface area contributed by atoms with Crippen LogP contribution in [0.5, 0.6) is 0 Å². The lowest BCUT2D eigenvalue weighted by molar-refractivity contribution is 0.0495. The molecule has 0 spiro atoms. The molecule has 112 valence electrons. The Morgan fingerprint density at radius 1 is 1.60 bits per heavy atom. The molecule has 1 aromatic rings. The molecular formula is C12H18N2O5S. The lowest BCUT2D eigenvalue weighted by Crippen LogP contribution is -2.35. The summed E-state index contributed by atoms with van der Waals surface area (Å²) in [4.78, 5) is 13.2. The van der Waals surface area contributed by atoms with E-state index < -0.39 is 16.0 Å². The van der Waals surface area contributed by atoms with E-state index in [1.807, 2.05) is 0 Å². The molecule has 0 bridgehead atoms. The van der Waals surface area contributed by atoms with Crippen LogP contribution in [0, 0.1) is 5.92 Å². The van der Waals surface area contributed by atoms with Gasteiger partial charge in [0.15, 0.2) is 0 Å². The monoisotopic (exact) mass is 302 g/mol. The Bertz CT molecular complexity index is 574. The molecule has 8 heteroatoms. The molecule has 2 rings (SSSR count). The number of carbonyl (C=O) groups is 1. The van der Waals surface area contributed by atoms with Crippen molar-refractivity contribution in [3.05, 3.63) is 18.0 Å². The highest BCUT2D eigenvalue weighted by molar-refractivity contribution is 7.89. The normalized spacial score (nSPS) is 20.2. The minimum Gasteiger partial charge on any atom is -0.477 e. The van der Waals surface area contributed by atoms with Gasteiger partial charge < -0.3 is 14.8 Å². The minimum atomic E-state index is -3.67. The number of hydrogen-bond donors (Lipinski definition) is 2. The summed E-state index contributed by atoms with van der Waals surface area (Å²) in [6.07, 6.45) is 3.08. The van der Waals surface area contributed by atoms with Gasteiger partial charge in [-0.3, -0.25) is 0 Å². The second-order valence-electron chi connectivity index (χ2n) is 4.92. The summed E-state index contributed by atoms with van der Waals surface area (Å²) < 4.78 is 31.2. The van der Waals surface area contributed by atoms with E-state index in [0.717, 1.165) is 25.5 Å². The molecule has 1 unspecified atom stereocenters. The molecule has 0 aliphatic carbocycles. The van der Waals surface area contributed by atoms with E-state index in [1.54, 1.807) is 0 Å². The molecule has 0 saturated carbocycles. The van der Waals surface area contributed by atoms with Crippen LogP contribution in [0.15, 0.2) is 17.2 Å². The largest absolute Gasteiger partial charge is 0.477 e. The highest BCUT2D eigenvalue weighted by Crippen LogP contribution is 2.20. The van der Waals surface area contributed by atoms with Crippen LogP contribution in [0.2, 0.25) is 0 Å². The molecule has 20 heavy (non-hydrogen) atoms. The van der Waals surface area contributed by atoms with E-state index in [9.17, 15) is 13.2 Å². The van der Waals surface area contributed by atoms with Gasteiger partial charge in [0.25, 0.3) is 0 Å². The van der Waals surface area contributed by atoms with Gasteiger partial charge in [0.05, 0.1) is 6.61 Å². The fourth-order valence-electron chi connectivity index (χ4n) is 2.24. The van der Waals surface area contributed by atoms with E-state index >= 15 is 0 Å². The molecule has 0 aromatic carbocycles. The van der Waals surface area contributed by atoms with Crippen LogP contribution >= 0.6 is 0 Å². The first kappa shape index (κ1) is 15.0. The maximum atomic E-state index is 12.3. The molecule has 1 fully saturated rings. The Hall–Kier alpha value is -1.38. The number of aromatic amines is 1. The van der Waals surface area contributed by atoms with Crippen molar-refractivity contribution >= 4 is 16.0 Å². The molecule has 0 radical (unpaired) electrons. The van der Waals surface area contributed by atoms with Gasteiger partial charge >= 0.3 is 5.97 Å². The standard InChI is InChI=1S/C12H18N2O5S/c1-14(7-9-3-2-4-19-8-9)20(17,18)10-5-11(12(15)16)13-6-10/h5-6,9,13H,2-4,7-8H2,1H3,(H,15,16). The highest BCUT2D eigenvalue weighted by Gasteiger charge is 2.26. The number of ether oxygens (including phenoxy) is 1. The Kier molecular flexibility index (Phi) is 4.46. The van der Waals surface area contributed by atoms with Crippen molar-refractivity contribution in [2.75, 3.05) is 26.8 Å². The van der Waals surface area contributed by atoms with Crippen LogP contribution in [-0.4, -0.2) is 55.6 Å². The molecule has 1 aliphatic heterocycles. The van der Waals surface area contributed by atoms with Crippen molar-refractivity contribution in [2.24, 2.45) is 5.92 Å². The maximum Gasteiger partial charge on any atom is 0.352 e. The zero-order chi connectivity index (χ0) is 14.8. The Morgan fingerprint density at radius 3 is 2.90 bits per heavy atom. The first-order valence-corrected chi connectivity index (χ1v) is 7.81. The number of nitrogens with one attached hydrogen (secondary N) is 1. The van der Waals surface area contributed by atoms with Gasteiger partial charge in [-0.2, -0.15) is 0 Å². The predicted octanol–water partition coefficient (Wildman–Crippen LogP) is 0.760. The minimum absolute atomic E-state index is 0.0332.